The van der Waals surface area contributed by atoms with Crippen LogP contribution in [0.15, 0.2) is 0 Å². The number of carbonyl (C=O) groups is 1. The smallest absolute Gasteiger partial charge is 0.356 e. The molecule has 0 fully saturated rings. The summed E-state index contributed by atoms with van der Waals surface area (Å²) < 4.78 is 1.42. The maximum atomic E-state index is 11.1. The van der Waals surface area contributed by atoms with Crippen molar-refractivity contribution < 1.29 is 9.90 Å². The Morgan fingerprint density at radius 2 is 2.06 bits per heavy atom. The molecule has 0 radical (unpaired) electrons. The lowest BCUT2D eigenvalue weighted by Gasteiger charge is -2.12. The zero-order chi connectivity index (χ0) is 12.1. The fourth-order valence-corrected chi connectivity index (χ4v) is 2.40. The molecule has 0 aromatic carbocycles. The molecule has 0 saturated carbocycles. The number of hydrogen-bond acceptors (Lipinski definition) is 4. The fraction of sp³-hybridized carbons (Fsp3) is 0.500. The Kier molecular flexibility index (Phi) is 2.27. The molecule has 0 saturated heterocycles. The molecule has 16 heavy (non-hydrogen) atoms. The zero-order valence-corrected chi connectivity index (χ0v) is 10.4. The number of carboxylic acids is 1. The minimum Gasteiger partial charge on any atom is -0.476 e. The van der Waals surface area contributed by atoms with Crippen LogP contribution in [0.3, 0.4) is 0 Å². The second-order valence-corrected chi connectivity index (χ2v) is 5.66. The van der Waals surface area contributed by atoms with Crippen LogP contribution < -0.4 is 0 Å². The molecule has 0 aliphatic rings. The van der Waals surface area contributed by atoms with E-state index in [1.807, 2.05) is 20.8 Å². The van der Waals surface area contributed by atoms with Crippen molar-refractivity contribution in [2.75, 3.05) is 0 Å². The molecule has 2 aromatic rings. The minimum absolute atomic E-state index is 0.0882. The van der Waals surface area contributed by atoms with E-state index in [0.29, 0.717) is 10.7 Å². The number of carboxylic acid groups (broad SMARTS) is 1. The predicted octanol–water partition coefficient (Wildman–Crippen LogP) is 2.09. The van der Waals surface area contributed by atoms with E-state index in [2.05, 4.69) is 10.1 Å². The standard InChI is InChI=1S/C10H13N3O2S/c1-5-6(7(14)15)13-9(11-5)16-8(12-13)10(2,3)4/h1-4H3,(H,14,15). The Balaban J connectivity index is 2.69. The number of aromatic carboxylic acids is 1. The van der Waals surface area contributed by atoms with Crippen molar-refractivity contribution in [1.82, 2.24) is 14.6 Å². The second-order valence-electron chi connectivity index (χ2n) is 4.70. The van der Waals surface area contributed by atoms with Crippen molar-refractivity contribution in [1.29, 1.82) is 0 Å². The molecule has 0 unspecified atom stereocenters. The van der Waals surface area contributed by atoms with Gasteiger partial charge in [-0.15, -0.1) is 0 Å². The number of aryl methyl sites for hydroxylation is 1. The van der Waals surface area contributed by atoms with E-state index in [-0.39, 0.29) is 11.1 Å². The van der Waals surface area contributed by atoms with Gasteiger partial charge in [-0.3, -0.25) is 0 Å². The lowest BCUT2D eigenvalue weighted by molar-refractivity contribution is 0.0687. The Hall–Kier alpha value is -1.43. The Bertz CT molecular complexity index is 562. The molecule has 2 rings (SSSR count). The normalized spacial score (nSPS) is 12.2. The van der Waals surface area contributed by atoms with Crippen LogP contribution in [0.25, 0.3) is 4.96 Å². The van der Waals surface area contributed by atoms with Gasteiger partial charge in [0.05, 0.1) is 5.69 Å². The van der Waals surface area contributed by atoms with Crippen LogP contribution in [-0.2, 0) is 5.41 Å². The largest absolute Gasteiger partial charge is 0.476 e. The summed E-state index contributed by atoms with van der Waals surface area (Å²) in [5.41, 5.74) is 0.572. The van der Waals surface area contributed by atoms with Crippen LogP contribution in [0, 0.1) is 6.92 Å². The summed E-state index contributed by atoms with van der Waals surface area (Å²) >= 11 is 1.43. The second kappa shape index (κ2) is 3.28. The molecule has 0 atom stereocenters. The third kappa shape index (κ3) is 1.59. The molecule has 6 heteroatoms. The van der Waals surface area contributed by atoms with E-state index in [1.54, 1.807) is 6.92 Å². The number of rotatable bonds is 1. The maximum absolute atomic E-state index is 11.1. The van der Waals surface area contributed by atoms with E-state index in [0.717, 1.165) is 5.01 Å². The number of nitrogens with zero attached hydrogens (tertiary/aromatic N) is 3. The molecule has 0 bridgehead atoms. The molecule has 0 aliphatic carbocycles. The van der Waals surface area contributed by atoms with Gasteiger partial charge in [0, 0.05) is 5.41 Å². The summed E-state index contributed by atoms with van der Waals surface area (Å²) in [4.78, 5) is 15.9. The van der Waals surface area contributed by atoms with Gasteiger partial charge in [0.1, 0.15) is 5.01 Å². The summed E-state index contributed by atoms with van der Waals surface area (Å²) in [6.45, 7) is 7.80. The Labute approximate surface area is 96.7 Å². The SMILES string of the molecule is Cc1nc2sc(C(C)(C)C)nn2c1C(=O)O. The van der Waals surface area contributed by atoms with E-state index in [4.69, 9.17) is 5.11 Å². The van der Waals surface area contributed by atoms with Gasteiger partial charge in [0.15, 0.2) is 5.69 Å². The lowest BCUT2D eigenvalue weighted by Crippen LogP contribution is -2.12. The molecule has 0 amide bonds. The average Bonchev–Trinajstić information content (AvgIpc) is 2.57. The zero-order valence-electron chi connectivity index (χ0n) is 9.61. The van der Waals surface area contributed by atoms with Crippen molar-refractivity contribution in [3.05, 3.63) is 16.4 Å². The third-order valence-corrected chi connectivity index (χ3v) is 3.56. The van der Waals surface area contributed by atoms with Gasteiger partial charge >= 0.3 is 5.97 Å². The first-order valence-corrected chi connectivity index (χ1v) is 5.72. The summed E-state index contributed by atoms with van der Waals surface area (Å²) in [6, 6.07) is 0. The highest BCUT2D eigenvalue weighted by Gasteiger charge is 2.24. The molecule has 86 valence electrons. The average molecular weight is 239 g/mol. The Morgan fingerprint density at radius 1 is 1.44 bits per heavy atom. The minimum atomic E-state index is -0.990. The van der Waals surface area contributed by atoms with Crippen LogP contribution in [-0.4, -0.2) is 25.7 Å². The molecule has 1 N–H and O–H groups in total. The predicted molar refractivity (Wildman–Crippen MR) is 61.3 cm³/mol. The first kappa shape index (κ1) is 11.1. The quantitative estimate of drug-likeness (QED) is 0.827. The first-order chi connectivity index (χ1) is 7.30. The molecular formula is C10H13N3O2S. The molecular weight excluding hydrogens is 226 g/mol. The number of aromatic nitrogens is 3. The summed E-state index contributed by atoms with van der Waals surface area (Å²) in [5, 5.41) is 14.3. The van der Waals surface area contributed by atoms with Crippen LogP contribution in [0.5, 0.6) is 0 Å². The summed E-state index contributed by atoms with van der Waals surface area (Å²) in [5.74, 6) is -0.990. The molecule has 0 spiro atoms. The van der Waals surface area contributed by atoms with Crippen molar-refractivity contribution in [3.8, 4) is 0 Å². The number of imidazole rings is 1. The van der Waals surface area contributed by atoms with E-state index >= 15 is 0 Å². The van der Waals surface area contributed by atoms with Crippen LogP contribution in [0.2, 0.25) is 0 Å². The summed E-state index contributed by atoms with van der Waals surface area (Å²) in [7, 11) is 0. The van der Waals surface area contributed by atoms with Crippen LogP contribution >= 0.6 is 11.3 Å². The molecule has 0 aliphatic heterocycles. The highest BCUT2D eigenvalue weighted by Crippen LogP contribution is 2.28. The highest BCUT2D eigenvalue weighted by atomic mass is 32.1. The third-order valence-electron chi connectivity index (χ3n) is 2.22. The number of fused-ring (bicyclic) bond motifs is 1. The van der Waals surface area contributed by atoms with Gasteiger partial charge in [0.2, 0.25) is 4.96 Å². The van der Waals surface area contributed by atoms with Crippen LogP contribution in [0.4, 0.5) is 0 Å². The topological polar surface area (TPSA) is 67.5 Å². The highest BCUT2D eigenvalue weighted by molar-refractivity contribution is 7.16. The number of hydrogen-bond donors (Lipinski definition) is 1. The van der Waals surface area contributed by atoms with Gasteiger partial charge in [-0.05, 0) is 6.92 Å². The van der Waals surface area contributed by atoms with Crippen molar-refractivity contribution in [3.63, 3.8) is 0 Å². The van der Waals surface area contributed by atoms with Gasteiger partial charge in [0.25, 0.3) is 0 Å². The van der Waals surface area contributed by atoms with E-state index in [9.17, 15) is 4.79 Å². The summed E-state index contributed by atoms with van der Waals surface area (Å²) in [6.07, 6.45) is 0. The van der Waals surface area contributed by atoms with Crippen LogP contribution in [0.1, 0.15) is 42.0 Å². The van der Waals surface area contributed by atoms with Gasteiger partial charge in [-0.1, -0.05) is 32.1 Å². The van der Waals surface area contributed by atoms with Gasteiger partial charge < -0.3 is 5.11 Å². The van der Waals surface area contributed by atoms with E-state index < -0.39 is 5.97 Å². The van der Waals surface area contributed by atoms with Gasteiger partial charge in [-0.25, -0.2) is 9.78 Å². The van der Waals surface area contributed by atoms with Crippen molar-refractivity contribution >= 4 is 22.3 Å². The maximum Gasteiger partial charge on any atom is 0.356 e. The molecule has 2 heterocycles. The lowest BCUT2D eigenvalue weighted by atomic mass is 9.98. The van der Waals surface area contributed by atoms with Gasteiger partial charge in [-0.2, -0.15) is 9.61 Å². The fourth-order valence-electron chi connectivity index (χ4n) is 1.40. The monoisotopic (exact) mass is 239 g/mol. The Morgan fingerprint density at radius 3 is 2.56 bits per heavy atom. The van der Waals surface area contributed by atoms with E-state index in [1.165, 1.54) is 15.9 Å². The first-order valence-electron chi connectivity index (χ1n) is 4.90. The molecule has 5 nitrogen and oxygen atoms in total. The molecule has 2 aromatic heterocycles. The van der Waals surface area contributed by atoms with Crippen molar-refractivity contribution in [2.24, 2.45) is 0 Å². The van der Waals surface area contributed by atoms with Crippen molar-refractivity contribution in [2.45, 2.75) is 33.1 Å².